The lowest BCUT2D eigenvalue weighted by molar-refractivity contribution is -0.122. The number of methoxy groups -OCH3 is 1. The van der Waals surface area contributed by atoms with Crippen LogP contribution in [-0.2, 0) is 11.2 Å². The van der Waals surface area contributed by atoms with Gasteiger partial charge in [-0.3, -0.25) is 0 Å². The van der Waals surface area contributed by atoms with Gasteiger partial charge in [-0.15, -0.1) is 0 Å². The summed E-state index contributed by atoms with van der Waals surface area (Å²) in [6.07, 6.45) is 5.20. The van der Waals surface area contributed by atoms with E-state index < -0.39 is 0 Å². The minimum absolute atomic E-state index is 0.0375. The average Bonchev–Trinajstić information content (AvgIpc) is 2.67. The summed E-state index contributed by atoms with van der Waals surface area (Å²) in [7, 11) is 1.70. The fraction of sp³-hybridized carbons (Fsp3) is 0.682. The molecule has 1 aromatic carbocycles. The van der Waals surface area contributed by atoms with Crippen LogP contribution < -0.4 is 10.1 Å². The Kier molecular flexibility index (Phi) is 6.64. The summed E-state index contributed by atoms with van der Waals surface area (Å²) >= 11 is 0. The Morgan fingerprint density at radius 3 is 2.63 bits per heavy atom. The molecule has 0 bridgehead atoms. The highest BCUT2D eigenvalue weighted by Gasteiger charge is 2.41. The van der Waals surface area contributed by atoms with Crippen molar-refractivity contribution in [3.63, 3.8) is 0 Å². The van der Waals surface area contributed by atoms with Crippen LogP contribution in [0.5, 0.6) is 5.75 Å². The second-order valence-corrected chi connectivity index (χ2v) is 8.51. The van der Waals surface area contributed by atoms with Crippen molar-refractivity contribution in [1.29, 1.82) is 0 Å². The molecule has 2 amide bonds. The van der Waals surface area contributed by atoms with Gasteiger partial charge >= 0.3 is 6.03 Å². The van der Waals surface area contributed by atoms with E-state index in [1.165, 1.54) is 5.56 Å². The number of benzene rings is 1. The molecule has 0 aromatic heterocycles. The lowest BCUT2D eigenvalue weighted by Crippen LogP contribution is -2.53. The molecule has 2 aliphatic rings. The highest BCUT2D eigenvalue weighted by molar-refractivity contribution is 5.74. The van der Waals surface area contributed by atoms with Crippen molar-refractivity contribution in [2.24, 2.45) is 11.8 Å². The number of hydrogen-bond donors (Lipinski definition) is 1. The first-order valence-electron chi connectivity index (χ1n) is 10.3. The maximum Gasteiger partial charge on any atom is 0.317 e. The van der Waals surface area contributed by atoms with Crippen LogP contribution in [0, 0.1) is 11.8 Å². The van der Waals surface area contributed by atoms with Crippen LogP contribution in [0.2, 0.25) is 0 Å². The molecule has 2 fully saturated rings. The zero-order valence-corrected chi connectivity index (χ0v) is 17.0. The van der Waals surface area contributed by atoms with Crippen molar-refractivity contribution >= 4 is 6.03 Å². The number of urea groups is 1. The molecule has 2 aliphatic heterocycles. The monoisotopic (exact) mass is 374 g/mol. The molecule has 1 atom stereocenters. The van der Waals surface area contributed by atoms with E-state index in [-0.39, 0.29) is 11.6 Å². The second kappa shape index (κ2) is 8.96. The summed E-state index contributed by atoms with van der Waals surface area (Å²) in [5, 5.41) is 3.03. The molecule has 150 valence electrons. The number of hydrogen-bond acceptors (Lipinski definition) is 3. The van der Waals surface area contributed by atoms with Crippen molar-refractivity contribution in [1.82, 2.24) is 10.2 Å². The first kappa shape index (κ1) is 20.0. The first-order chi connectivity index (χ1) is 13.0. The molecule has 0 aliphatic carbocycles. The largest absolute Gasteiger partial charge is 0.497 e. The number of ether oxygens (including phenoxy) is 2. The Hall–Kier alpha value is -1.75. The standard InChI is InChI=1S/C22H34N2O3/c1-17(2)16-23-21(25)24-11-9-22(10-12-24)15-19(8-13-27-22)14-18-4-6-20(26-3)7-5-18/h4-7,17,19H,8-16H2,1-3H3,(H,23,25). The molecular weight excluding hydrogens is 340 g/mol. The summed E-state index contributed by atoms with van der Waals surface area (Å²) in [5.74, 6) is 2.03. The summed E-state index contributed by atoms with van der Waals surface area (Å²) in [4.78, 5) is 14.2. The molecule has 5 nitrogen and oxygen atoms in total. The third-order valence-corrected chi connectivity index (χ3v) is 5.90. The van der Waals surface area contributed by atoms with Crippen molar-refractivity contribution in [3.8, 4) is 5.75 Å². The number of carbonyl (C=O) groups is 1. The normalized spacial score (nSPS) is 22.1. The van der Waals surface area contributed by atoms with E-state index in [9.17, 15) is 4.79 Å². The predicted molar refractivity (Wildman–Crippen MR) is 107 cm³/mol. The number of rotatable bonds is 5. The van der Waals surface area contributed by atoms with Gasteiger partial charge in [0.25, 0.3) is 0 Å². The second-order valence-electron chi connectivity index (χ2n) is 8.51. The maximum atomic E-state index is 12.3. The van der Waals surface area contributed by atoms with Gasteiger partial charge in [-0.05, 0) is 61.6 Å². The molecule has 1 spiro atoms. The minimum Gasteiger partial charge on any atom is -0.497 e. The van der Waals surface area contributed by atoms with Gasteiger partial charge in [0.1, 0.15) is 5.75 Å². The summed E-state index contributed by atoms with van der Waals surface area (Å²) < 4.78 is 11.5. The highest BCUT2D eigenvalue weighted by atomic mass is 16.5. The van der Waals surface area contributed by atoms with Gasteiger partial charge in [0.15, 0.2) is 0 Å². The molecule has 1 N–H and O–H groups in total. The van der Waals surface area contributed by atoms with Gasteiger partial charge < -0.3 is 19.7 Å². The van der Waals surface area contributed by atoms with Gasteiger partial charge in [-0.2, -0.15) is 0 Å². The molecule has 2 saturated heterocycles. The molecule has 1 aromatic rings. The molecule has 2 heterocycles. The number of nitrogens with zero attached hydrogens (tertiary/aromatic N) is 1. The Labute approximate surface area is 163 Å². The van der Waals surface area contributed by atoms with Crippen LogP contribution in [0.4, 0.5) is 4.79 Å². The fourth-order valence-corrected chi connectivity index (χ4v) is 4.27. The Morgan fingerprint density at radius 1 is 1.30 bits per heavy atom. The van der Waals surface area contributed by atoms with Crippen molar-refractivity contribution in [2.45, 2.75) is 51.6 Å². The molecular formula is C22H34N2O3. The number of amides is 2. The van der Waals surface area contributed by atoms with E-state index in [1.807, 2.05) is 17.0 Å². The molecule has 27 heavy (non-hydrogen) atoms. The Balaban J connectivity index is 1.51. The zero-order valence-electron chi connectivity index (χ0n) is 17.0. The minimum atomic E-state index is -0.0375. The highest BCUT2D eigenvalue weighted by Crippen LogP contribution is 2.38. The van der Waals surface area contributed by atoms with Crippen LogP contribution in [0.1, 0.15) is 45.1 Å². The third-order valence-electron chi connectivity index (χ3n) is 5.90. The van der Waals surface area contributed by atoms with Gasteiger partial charge in [0.05, 0.1) is 12.7 Å². The van der Waals surface area contributed by atoms with Gasteiger partial charge in [-0.1, -0.05) is 26.0 Å². The smallest absolute Gasteiger partial charge is 0.317 e. The molecule has 5 heteroatoms. The lowest BCUT2D eigenvalue weighted by Gasteiger charge is -2.46. The van der Waals surface area contributed by atoms with E-state index in [0.717, 1.165) is 64.1 Å². The number of nitrogens with one attached hydrogen (secondary N) is 1. The van der Waals surface area contributed by atoms with Crippen LogP contribution in [0.15, 0.2) is 24.3 Å². The van der Waals surface area contributed by atoms with Crippen molar-refractivity contribution in [2.75, 3.05) is 33.4 Å². The van der Waals surface area contributed by atoms with Crippen molar-refractivity contribution in [3.05, 3.63) is 29.8 Å². The molecule has 0 radical (unpaired) electrons. The third kappa shape index (κ3) is 5.38. The first-order valence-corrected chi connectivity index (χ1v) is 10.3. The van der Waals surface area contributed by atoms with Crippen LogP contribution in [0.25, 0.3) is 0 Å². The average molecular weight is 375 g/mol. The van der Waals surface area contributed by atoms with E-state index in [1.54, 1.807) is 7.11 Å². The number of carbonyl (C=O) groups excluding carboxylic acids is 1. The fourth-order valence-electron chi connectivity index (χ4n) is 4.27. The van der Waals surface area contributed by atoms with E-state index in [4.69, 9.17) is 9.47 Å². The topological polar surface area (TPSA) is 50.8 Å². The van der Waals surface area contributed by atoms with Gasteiger partial charge in [-0.25, -0.2) is 4.79 Å². The van der Waals surface area contributed by atoms with Crippen molar-refractivity contribution < 1.29 is 14.3 Å². The van der Waals surface area contributed by atoms with Gasteiger partial charge in [0, 0.05) is 26.2 Å². The molecule has 3 rings (SSSR count). The SMILES string of the molecule is COc1ccc(CC2CCOC3(CCN(C(=O)NCC(C)C)CC3)C2)cc1. The molecule has 1 unspecified atom stereocenters. The van der Waals surface area contributed by atoms with Crippen LogP contribution in [0.3, 0.4) is 0 Å². The van der Waals surface area contributed by atoms with Crippen LogP contribution in [-0.4, -0.2) is 49.9 Å². The number of likely N-dealkylation sites (tertiary alicyclic amines) is 1. The Bertz CT molecular complexity index is 606. The Morgan fingerprint density at radius 2 is 2.00 bits per heavy atom. The van der Waals surface area contributed by atoms with E-state index in [0.29, 0.717) is 11.8 Å². The number of piperidine rings is 1. The summed E-state index contributed by atoms with van der Waals surface area (Å²) in [5.41, 5.74) is 1.33. The van der Waals surface area contributed by atoms with E-state index in [2.05, 4.69) is 31.3 Å². The zero-order chi connectivity index (χ0) is 19.3. The van der Waals surface area contributed by atoms with Crippen LogP contribution >= 0.6 is 0 Å². The quantitative estimate of drug-likeness (QED) is 0.851. The van der Waals surface area contributed by atoms with Gasteiger partial charge in [0.2, 0.25) is 0 Å². The summed E-state index contributed by atoms with van der Waals surface area (Å²) in [6.45, 7) is 7.38. The lowest BCUT2D eigenvalue weighted by atomic mass is 9.77. The maximum absolute atomic E-state index is 12.3. The predicted octanol–water partition coefficient (Wildman–Crippen LogP) is 3.86. The van der Waals surface area contributed by atoms with E-state index >= 15 is 0 Å². The summed E-state index contributed by atoms with van der Waals surface area (Å²) in [6, 6.07) is 8.49. The molecule has 0 saturated carbocycles.